The van der Waals surface area contributed by atoms with Crippen LogP contribution < -0.4 is 11.1 Å². The number of rotatable bonds is 7. The third kappa shape index (κ3) is 4.76. The summed E-state index contributed by atoms with van der Waals surface area (Å²) in [6.07, 6.45) is 0. The topological polar surface area (TPSA) is 41.3 Å². The first-order valence-electron chi connectivity index (χ1n) is 6.56. The average Bonchev–Trinajstić information content (AvgIpc) is 2.35. The molecule has 1 aromatic rings. The maximum Gasteiger partial charge on any atom is 0.135 e. The van der Waals surface area contributed by atoms with Gasteiger partial charge < -0.3 is 16.0 Å². The molecule has 0 radical (unpaired) electrons. The summed E-state index contributed by atoms with van der Waals surface area (Å²) in [5, 5.41) is 3.28. The highest BCUT2D eigenvalue weighted by Crippen LogP contribution is 2.15. The molecule has 1 aromatic carbocycles. The van der Waals surface area contributed by atoms with Crippen molar-refractivity contribution in [1.82, 2.24) is 4.90 Å². The minimum Gasteiger partial charge on any atom is -0.389 e. The van der Waals surface area contributed by atoms with Crippen molar-refractivity contribution in [3.05, 3.63) is 29.6 Å². The molecule has 0 aromatic heterocycles. The molecule has 3 nitrogen and oxygen atoms in total. The minimum atomic E-state index is -0.382. The van der Waals surface area contributed by atoms with Crippen LogP contribution in [0.3, 0.4) is 0 Å². The van der Waals surface area contributed by atoms with Crippen LogP contribution in [0.25, 0.3) is 0 Å². The number of likely N-dealkylation sites (N-methyl/N-ethyl adjacent to an activating group) is 1. The van der Waals surface area contributed by atoms with E-state index in [1.54, 1.807) is 12.1 Å². The van der Waals surface area contributed by atoms with Crippen molar-refractivity contribution >= 4 is 22.9 Å². The molecule has 1 unspecified atom stereocenters. The summed E-state index contributed by atoms with van der Waals surface area (Å²) in [4.78, 5) is 2.40. The van der Waals surface area contributed by atoms with Crippen molar-refractivity contribution in [2.45, 2.75) is 26.8 Å². The maximum atomic E-state index is 13.7. The molecule has 0 amide bonds. The van der Waals surface area contributed by atoms with Crippen molar-refractivity contribution in [3.8, 4) is 0 Å². The Bertz CT molecular complexity index is 433. The van der Waals surface area contributed by atoms with E-state index in [1.165, 1.54) is 6.07 Å². The van der Waals surface area contributed by atoms with Crippen molar-refractivity contribution in [1.29, 1.82) is 0 Å². The van der Waals surface area contributed by atoms with Gasteiger partial charge >= 0.3 is 0 Å². The van der Waals surface area contributed by atoms with Gasteiger partial charge in [0, 0.05) is 23.8 Å². The van der Waals surface area contributed by atoms with Crippen LogP contribution in [0.15, 0.2) is 18.2 Å². The molecule has 0 aliphatic carbocycles. The molecule has 3 N–H and O–H groups in total. The van der Waals surface area contributed by atoms with Gasteiger partial charge in [-0.3, -0.25) is 0 Å². The standard InChI is InChI=1S/C14H22FN3S/c1-4-18(5-2)9-10(3)17-11-6-7-12(14(16)19)13(15)8-11/h6-8,10,17H,4-5,9H2,1-3H3,(H2,16,19). The summed E-state index contributed by atoms with van der Waals surface area (Å²) in [6.45, 7) is 9.29. The number of nitrogens with two attached hydrogens (primary N) is 1. The van der Waals surface area contributed by atoms with Crippen LogP contribution in [-0.2, 0) is 0 Å². The Kier molecular flexibility index (Phi) is 6.18. The third-order valence-corrected chi connectivity index (χ3v) is 3.29. The predicted molar refractivity (Wildman–Crippen MR) is 83.2 cm³/mol. The molecule has 1 rings (SSSR count). The summed E-state index contributed by atoms with van der Waals surface area (Å²) >= 11 is 4.78. The van der Waals surface area contributed by atoms with Crippen molar-refractivity contribution in [2.75, 3.05) is 25.0 Å². The molecule has 106 valence electrons. The monoisotopic (exact) mass is 283 g/mol. The normalized spacial score (nSPS) is 12.5. The Morgan fingerprint density at radius 2 is 2.05 bits per heavy atom. The Labute approximate surface area is 120 Å². The lowest BCUT2D eigenvalue weighted by atomic mass is 10.1. The van der Waals surface area contributed by atoms with Crippen LogP contribution in [0.4, 0.5) is 10.1 Å². The fourth-order valence-corrected chi connectivity index (χ4v) is 2.17. The van der Waals surface area contributed by atoms with Gasteiger partial charge in [0.15, 0.2) is 0 Å². The first kappa shape index (κ1) is 15.9. The highest BCUT2D eigenvalue weighted by Gasteiger charge is 2.09. The number of benzene rings is 1. The summed E-state index contributed by atoms with van der Waals surface area (Å²) in [5.41, 5.74) is 6.47. The van der Waals surface area contributed by atoms with E-state index in [4.69, 9.17) is 18.0 Å². The molecule has 5 heteroatoms. The Hall–Kier alpha value is -1.20. The van der Waals surface area contributed by atoms with Crippen molar-refractivity contribution in [3.63, 3.8) is 0 Å². The summed E-state index contributed by atoms with van der Waals surface area (Å²) in [6, 6.07) is 5.10. The highest BCUT2D eigenvalue weighted by molar-refractivity contribution is 7.80. The van der Waals surface area contributed by atoms with E-state index < -0.39 is 0 Å². The minimum absolute atomic E-state index is 0.0836. The Morgan fingerprint density at radius 3 is 2.53 bits per heavy atom. The summed E-state index contributed by atoms with van der Waals surface area (Å²) in [7, 11) is 0. The second-order valence-electron chi connectivity index (χ2n) is 4.59. The van der Waals surface area contributed by atoms with E-state index in [1.807, 2.05) is 0 Å². The van der Waals surface area contributed by atoms with Crippen LogP contribution in [0, 0.1) is 5.82 Å². The van der Waals surface area contributed by atoms with E-state index in [0.717, 1.165) is 25.3 Å². The molecular formula is C14H22FN3S. The van der Waals surface area contributed by atoms with E-state index >= 15 is 0 Å². The van der Waals surface area contributed by atoms with Crippen LogP contribution in [-0.4, -0.2) is 35.6 Å². The number of thiocarbonyl (C=S) groups is 1. The average molecular weight is 283 g/mol. The zero-order chi connectivity index (χ0) is 14.4. The van der Waals surface area contributed by atoms with Gasteiger partial charge in [-0.25, -0.2) is 4.39 Å². The Balaban J connectivity index is 2.67. The smallest absolute Gasteiger partial charge is 0.135 e. The van der Waals surface area contributed by atoms with Crippen LogP contribution in [0.1, 0.15) is 26.3 Å². The molecule has 0 fully saturated rings. The van der Waals surface area contributed by atoms with Crippen LogP contribution >= 0.6 is 12.2 Å². The van der Waals surface area contributed by atoms with E-state index in [2.05, 4.69) is 31.0 Å². The molecule has 0 bridgehead atoms. The molecule has 1 atom stereocenters. The molecule has 0 saturated carbocycles. The van der Waals surface area contributed by atoms with Gasteiger partial charge in [-0.15, -0.1) is 0 Å². The number of nitrogens with zero attached hydrogens (tertiary/aromatic N) is 1. The highest BCUT2D eigenvalue weighted by atomic mass is 32.1. The fraction of sp³-hybridized carbons (Fsp3) is 0.500. The van der Waals surface area contributed by atoms with Gasteiger partial charge in [0.1, 0.15) is 10.8 Å². The van der Waals surface area contributed by atoms with Gasteiger partial charge in [-0.05, 0) is 38.2 Å². The number of hydrogen-bond donors (Lipinski definition) is 2. The lowest BCUT2D eigenvalue weighted by molar-refractivity contribution is 0.295. The summed E-state index contributed by atoms with van der Waals surface area (Å²) < 4.78 is 13.7. The number of hydrogen-bond acceptors (Lipinski definition) is 3. The van der Waals surface area contributed by atoms with Crippen molar-refractivity contribution in [2.24, 2.45) is 5.73 Å². The lowest BCUT2D eigenvalue weighted by Crippen LogP contribution is -2.34. The number of halogens is 1. The third-order valence-electron chi connectivity index (χ3n) is 3.07. The molecule has 0 aliphatic heterocycles. The quantitative estimate of drug-likeness (QED) is 0.755. The van der Waals surface area contributed by atoms with E-state index in [9.17, 15) is 4.39 Å². The second kappa shape index (κ2) is 7.40. The van der Waals surface area contributed by atoms with Crippen LogP contribution in [0.5, 0.6) is 0 Å². The first-order chi connectivity index (χ1) is 8.97. The van der Waals surface area contributed by atoms with Crippen LogP contribution in [0.2, 0.25) is 0 Å². The molecule has 0 aliphatic rings. The molecule has 19 heavy (non-hydrogen) atoms. The van der Waals surface area contributed by atoms with Gasteiger partial charge in [0.25, 0.3) is 0 Å². The largest absolute Gasteiger partial charge is 0.389 e. The van der Waals surface area contributed by atoms with Gasteiger partial charge in [-0.2, -0.15) is 0 Å². The second-order valence-corrected chi connectivity index (χ2v) is 5.03. The SMILES string of the molecule is CCN(CC)CC(C)Nc1ccc(C(N)=S)c(F)c1. The van der Waals surface area contributed by atoms with Gasteiger partial charge in [0.05, 0.1) is 0 Å². The van der Waals surface area contributed by atoms with E-state index in [0.29, 0.717) is 0 Å². The van der Waals surface area contributed by atoms with Gasteiger partial charge in [-0.1, -0.05) is 26.1 Å². The first-order valence-corrected chi connectivity index (χ1v) is 6.97. The lowest BCUT2D eigenvalue weighted by Gasteiger charge is -2.24. The molecule has 0 saturated heterocycles. The number of anilines is 1. The van der Waals surface area contributed by atoms with E-state index in [-0.39, 0.29) is 22.4 Å². The molecule has 0 spiro atoms. The predicted octanol–water partition coefficient (Wildman–Crippen LogP) is 2.60. The zero-order valence-corrected chi connectivity index (χ0v) is 12.6. The Morgan fingerprint density at radius 1 is 1.42 bits per heavy atom. The zero-order valence-electron chi connectivity index (χ0n) is 11.7. The molecule has 0 heterocycles. The number of nitrogens with one attached hydrogen (secondary N) is 1. The van der Waals surface area contributed by atoms with Gasteiger partial charge in [0.2, 0.25) is 0 Å². The van der Waals surface area contributed by atoms with Crippen molar-refractivity contribution < 1.29 is 4.39 Å². The summed E-state index contributed by atoms with van der Waals surface area (Å²) in [5.74, 6) is -0.382. The molecular weight excluding hydrogens is 261 g/mol. The maximum absolute atomic E-state index is 13.7. The fourth-order valence-electron chi connectivity index (χ4n) is 2.00.